The predicted octanol–water partition coefficient (Wildman–Crippen LogP) is 2.33. The molecule has 2 N–H and O–H groups in total. The van der Waals surface area contributed by atoms with Gasteiger partial charge in [-0.25, -0.2) is 4.98 Å². The van der Waals surface area contributed by atoms with Gasteiger partial charge in [-0.1, -0.05) is 13.8 Å². The molecule has 0 atom stereocenters. The first-order chi connectivity index (χ1) is 9.00. The van der Waals surface area contributed by atoms with Gasteiger partial charge in [-0.05, 0) is 36.6 Å². The standard InChI is InChI=1S/C14H22N2O2S/c1-14(2,7-5-9-17)10-16-12(18)11-6-4-8-15-13(11)19-3/h4,6,8,17H,5,7,9-10H2,1-3H3,(H,16,18). The highest BCUT2D eigenvalue weighted by Crippen LogP contribution is 2.22. The van der Waals surface area contributed by atoms with Crippen molar-refractivity contribution in [1.82, 2.24) is 10.3 Å². The number of rotatable bonds is 7. The quantitative estimate of drug-likeness (QED) is 0.754. The number of pyridine rings is 1. The third kappa shape index (κ3) is 5.20. The summed E-state index contributed by atoms with van der Waals surface area (Å²) in [6.45, 7) is 4.95. The van der Waals surface area contributed by atoms with E-state index >= 15 is 0 Å². The van der Waals surface area contributed by atoms with Crippen molar-refractivity contribution in [2.45, 2.75) is 31.7 Å². The number of carbonyl (C=O) groups is 1. The molecule has 0 saturated heterocycles. The molecule has 0 unspecified atom stereocenters. The van der Waals surface area contributed by atoms with Crippen LogP contribution in [0.3, 0.4) is 0 Å². The summed E-state index contributed by atoms with van der Waals surface area (Å²) in [5.74, 6) is -0.0884. The second-order valence-corrected chi connectivity index (χ2v) is 6.03. The fourth-order valence-corrected chi connectivity index (χ4v) is 2.33. The first-order valence-corrected chi connectivity index (χ1v) is 7.61. The van der Waals surface area contributed by atoms with Crippen molar-refractivity contribution in [3.8, 4) is 0 Å². The maximum Gasteiger partial charge on any atom is 0.254 e. The molecule has 0 radical (unpaired) electrons. The van der Waals surface area contributed by atoms with E-state index in [9.17, 15) is 4.79 Å². The normalized spacial score (nSPS) is 11.4. The smallest absolute Gasteiger partial charge is 0.254 e. The lowest BCUT2D eigenvalue weighted by atomic mass is 9.88. The zero-order chi connectivity index (χ0) is 14.3. The van der Waals surface area contributed by atoms with Crippen LogP contribution < -0.4 is 5.32 Å². The summed E-state index contributed by atoms with van der Waals surface area (Å²) in [5, 5.41) is 12.5. The van der Waals surface area contributed by atoms with Gasteiger partial charge in [0, 0.05) is 19.3 Å². The van der Waals surface area contributed by atoms with Gasteiger partial charge >= 0.3 is 0 Å². The Bertz CT molecular complexity index is 422. The first kappa shape index (κ1) is 16.0. The highest BCUT2D eigenvalue weighted by atomic mass is 32.2. The van der Waals surface area contributed by atoms with E-state index in [1.54, 1.807) is 18.3 Å². The lowest BCUT2D eigenvalue weighted by molar-refractivity contribution is 0.0929. The molecule has 0 spiro atoms. The molecule has 1 heterocycles. The summed E-state index contributed by atoms with van der Waals surface area (Å²) < 4.78 is 0. The molecule has 0 saturated carbocycles. The second-order valence-electron chi connectivity index (χ2n) is 5.23. The van der Waals surface area contributed by atoms with Gasteiger partial charge in [0.15, 0.2) is 0 Å². The average molecular weight is 282 g/mol. The second kappa shape index (κ2) is 7.50. The van der Waals surface area contributed by atoms with Crippen molar-refractivity contribution in [2.75, 3.05) is 19.4 Å². The maximum atomic E-state index is 12.1. The summed E-state index contributed by atoms with van der Waals surface area (Å²) in [6, 6.07) is 3.56. The third-order valence-electron chi connectivity index (χ3n) is 2.95. The molecule has 1 aromatic heterocycles. The van der Waals surface area contributed by atoms with Gasteiger partial charge in [0.2, 0.25) is 0 Å². The molecular formula is C14H22N2O2S. The number of aliphatic hydroxyl groups excluding tert-OH is 1. The van der Waals surface area contributed by atoms with Gasteiger partial charge in [-0.3, -0.25) is 4.79 Å². The number of nitrogens with one attached hydrogen (secondary N) is 1. The first-order valence-electron chi connectivity index (χ1n) is 6.38. The summed E-state index contributed by atoms with van der Waals surface area (Å²) in [5.41, 5.74) is 0.605. The Hall–Kier alpha value is -1.07. The van der Waals surface area contributed by atoms with Crippen LogP contribution in [-0.4, -0.2) is 35.4 Å². The Kier molecular flexibility index (Phi) is 6.31. The predicted molar refractivity (Wildman–Crippen MR) is 78.5 cm³/mol. The van der Waals surface area contributed by atoms with E-state index in [1.807, 2.05) is 6.26 Å². The maximum absolute atomic E-state index is 12.1. The minimum Gasteiger partial charge on any atom is -0.396 e. The van der Waals surface area contributed by atoms with Crippen LogP contribution in [0.5, 0.6) is 0 Å². The number of aliphatic hydroxyl groups is 1. The molecule has 0 bridgehead atoms. The summed E-state index contributed by atoms with van der Waals surface area (Å²) in [6.07, 6.45) is 5.23. The van der Waals surface area contributed by atoms with Crippen LogP contribution in [0, 0.1) is 5.41 Å². The number of aromatic nitrogens is 1. The van der Waals surface area contributed by atoms with E-state index in [0.717, 1.165) is 17.9 Å². The van der Waals surface area contributed by atoms with Gasteiger partial charge in [-0.2, -0.15) is 0 Å². The molecule has 1 rings (SSSR count). The summed E-state index contributed by atoms with van der Waals surface area (Å²) in [4.78, 5) is 16.3. The number of hydrogen-bond acceptors (Lipinski definition) is 4. The number of thioether (sulfide) groups is 1. The van der Waals surface area contributed by atoms with E-state index in [4.69, 9.17) is 5.11 Å². The third-order valence-corrected chi connectivity index (χ3v) is 3.66. The summed E-state index contributed by atoms with van der Waals surface area (Å²) in [7, 11) is 0. The largest absolute Gasteiger partial charge is 0.396 e. The number of amides is 1. The van der Waals surface area contributed by atoms with Crippen molar-refractivity contribution in [2.24, 2.45) is 5.41 Å². The molecule has 106 valence electrons. The van der Waals surface area contributed by atoms with Crippen molar-refractivity contribution in [3.05, 3.63) is 23.9 Å². The van der Waals surface area contributed by atoms with Crippen molar-refractivity contribution in [1.29, 1.82) is 0 Å². The zero-order valence-corrected chi connectivity index (χ0v) is 12.6. The molecule has 1 amide bonds. The Labute approximate surface area is 119 Å². The van der Waals surface area contributed by atoms with E-state index in [1.165, 1.54) is 11.8 Å². The molecule has 19 heavy (non-hydrogen) atoms. The Morgan fingerprint density at radius 1 is 1.53 bits per heavy atom. The highest BCUT2D eigenvalue weighted by Gasteiger charge is 2.19. The molecule has 0 aliphatic carbocycles. The molecule has 1 aromatic rings. The van der Waals surface area contributed by atoms with Crippen molar-refractivity contribution >= 4 is 17.7 Å². The van der Waals surface area contributed by atoms with Crippen LogP contribution in [0.25, 0.3) is 0 Å². The van der Waals surface area contributed by atoms with Crippen molar-refractivity contribution in [3.63, 3.8) is 0 Å². The highest BCUT2D eigenvalue weighted by molar-refractivity contribution is 7.98. The minimum absolute atomic E-state index is 0.0138. The van der Waals surface area contributed by atoms with Gasteiger partial charge in [0.25, 0.3) is 5.91 Å². The molecule has 0 aromatic carbocycles. The Morgan fingerprint density at radius 3 is 2.89 bits per heavy atom. The van der Waals surface area contributed by atoms with Gasteiger partial charge < -0.3 is 10.4 Å². The summed E-state index contributed by atoms with van der Waals surface area (Å²) >= 11 is 1.47. The Morgan fingerprint density at radius 2 is 2.26 bits per heavy atom. The topological polar surface area (TPSA) is 62.2 Å². The minimum atomic E-state index is -0.0884. The van der Waals surface area contributed by atoms with Crippen LogP contribution in [0.2, 0.25) is 0 Å². The molecule has 5 heteroatoms. The van der Waals surface area contributed by atoms with E-state index < -0.39 is 0 Å². The molecular weight excluding hydrogens is 260 g/mol. The number of nitrogens with zero attached hydrogens (tertiary/aromatic N) is 1. The SMILES string of the molecule is CSc1ncccc1C(=O)NCC(C)(C)CCCO. The van der Waals surface area contributed by atoms with Crippen LogP contribution in [0.4, 0.5) is 0 Å². The number of hydrogen-bond donors (Lipinski definition) is 2. The van der Waals surface area contributed by atoms with Crippen LogP contribution in [-0.2, 0) is 0 Å². The van der Waals surface area contributed by atoms with E-state index in [2.05, 4.69) is 24.1 Å². The number of carbonyl (C=O) groups excluding carboxylic acids is 1. The monoisotopic (exact) mass is 282 g/mol. The lowest BCUT2D eigenvalue weighted by Crippen LogP contribution is -2.34. The lowest BCUT2D eigenvalue weighted by Gasteiger charge is -2.24. The van der Waals surface area contributed by atoms with Gasteiger partial charge in [0.1, 0.15) is 5.03 Å². The molecule has 0 aliphatic rings. The van der Waals surface area contributed by atoms with Crippen LogP contribution in [0.15, 0.2) is 23.4 Å². The van der Waals surface area contributed by atoms with Crippen LogP contribution >= 0.6 is 11.8 Å². The molecule has 4 nitrogen and oxygen atoms in total. The van der Waals surface area contributed by atoms with Crippen molar-refractivity contribution < 1.29 is 9.90 Å². The van der Waals surface area contributed by atoms with Gasteiger partial charge in [0.05, 0.1) is 5.56 Å². The average Bonchev–Trinajstić information content (AvgIpc) is 2.42. The van der Waals surface area contributed by atoms with E-state index in [0.29, 0.717) is 12.1 Å². The fraction of sp³-hybridized carbons (Fsp3) is 0.571. The fourth-order valence-electron chi connectivity index (χ4n) is 1.79. The zero-order valence-electron chi connectivity index (χ0n) is 11.8. The Balaban J connectivity index is 2.60. The molecule has 0 aliphatic heterocycles. The van der Waals surface area contributed by atoms with E-state index in [-0.39, 0.29) is 17.9 Å². The van der Waals surface area contributed by atoms with Crippen LogP contribution in [0.1, 0.15) is 37.0 Å². The molecule has 0 fully saturated rings. The van der Waals surface area contributed by atoms with Gasteiger partial charge in [-0.15, -0.1) is 11.8 Å².